The molecule has 1 aliphatic heterocycles. The number of rotatable bonds is 2. The van der Waals surface area contributed by atoms with Gasteiger partial charge in [0.1, 0.15) is 5.56 Å². The van der Waals surface area contributed by atoms with E-state index in [-0.39, 0.29) is 11.7 Å². The van der Waals surface area contributed by atoms with Crippen molar-refractivity contribution in [3.8, 4) is 0 Å². The van der Waals surface area contributed by atoms with Crippen LogP contribution in [-0.4, -0.2) is 47.4 Å². The molecule has 2 heterocycles. The number of nitrogens with two attached hydrogens (primary N) is 1. The highest BCUT2D eigenvalue weighted by molar-refractivity contribution is 5.99. The summed E-state index contributed by atoms with van der Waals surface area (Å²) >= 11 is 0. The maximum absolute atomic E-state index is 11.9. The zero-order valence-corrected chi connectivity index (χ0v) is 9.12. The van der Waals surface area contributed by atoms with E-state index in [4.69, 9.17) is 10.5 Å². The Balaban J connectivity index is 2.02. The molecule has 0 aliphatic carbocycles. The van der Waals surface area contributed by atoms with Gasteiger partial charge in [0.25, 0.3) is 5.91 Å². The lowest BCUT2D eigenvalue weighted by molar-refractivity contribution is 0.0126. The Hall–Kier alpha value is -1.60. The first kappa shape index (κ1) is 10.9. The number of aromatic amines is 1. The monoisotopic (exact) mass is 225 g/mol. The van der Waals surface area contributed by atoms with Crippen molar-refractivity contribution < 1.29 is 9.53 Å². The first-order chi connectivity index (χ1) is 7.68. The van der Waals surface area contributed by atoms with Crippen molar-refractivity contribution in [1.29, 1.82) is 0 Å². The Morgan fingerprint density at radius 1 is 1.56 bits per heavy atom. The second-order valence-electron chi connectivity index (χ2n) is 3.65. The van der Waals surface area contributed by atoms with Crippen LogP contribution in [-0.2, 0) is 4.74 Å². The molecule has 1 aromatic heterocycles. The van der Waals surface area contributed by atoms with Gasteiger partial charge in [-0.05, 0) is 6.92 Å². The lowest BCUT2D eigenvalue weighted by Crippen LogP contribution is -2.48. The number of hydrogen-bond donors (Lipinski definition) is 3. The van der Waals surface area contributed by atoms with Gasteiger partial charge in [0.2, 0.25) is 0 Å². The molecular formula is C9H15N5O2. The lowest BCUT2D eigenvalue weighted by atomic mass is 10.2. The van der Waals surface area contributed by atoms with Crippen LogP contribution in [0.15, 0.2) is 0 Å². The molecular weight excluding hydrogens is 210 g/mol. The third kappa shape index (κ3) is 2.15. The number of ether oxygens (including phenoxy) is 1. The van der Waals surface area contributed by atoms with Gasteiger partial charge in [0.05, 0.1) is 13.2 Å². The number of H-pyrrole nitrogens is 1. The molecule has 7 nitrogen and oxygen atoms in total. The van der Waals surface area contributed by atoms with Gasteiger partial charge in [0, 0.05) is 18.8 Å². The van der Waals surface area contributed by atoms with Crippen molar-refractivity contribution in [3.63, 3.8) is 0 Å². The van der Waals surface area contributed by atoms with Crippen molar-refractivity contribution in [3.05, 3.63) is 11.3 Å². The second-order valence-corrected chi connectivity index (χ2v) is 3.65. The van der Waals surface area contributed by atoms with Crippen LogP contribution in [0.1, 0.15) is 16.1 Å². The molecule has 7 heteroatoms. The molecule has 88 valence electrons. The average molecular weight is 225 g/mol. The quantitative estimate of drug-likeness (QED) is 0.617. The number of hydrazine groups is 1. The summed E-state index contributed by atoms with van der Waals surface area (Å²) in [4.78, 5) is 11.9. The van der Waals surface area contributed by atoms with Crippen LogP contribution in [0.4, 0.5) is 5.82 Å². The maximum Gasteiger partial charge on any atom is 0.271 e. The Labute approximate surface area is 92.9 Å². The number of anilines is 1. The van der Waals surface area contributed by atoms with E-state index in [1.165, 1.54) is 0 Å². The smallest absolute Gasteiger partial charge is 0.271 e. The molecule has 1 amide bonds. The zero-order valence-electron chi connectivity index (χ0n) is 9.12. The van der Waals surface area contributed by atoms with E-state index in [0.29, 0.717) is 37.6 Å². The third-order valence-electron chi connectivity index (χ3n) is 2.47. The minimum atomic E-state index is -0.231. The summed E-state index contributed by atoms with van der Waals surface area (Å²) in [5, 5.41) is 8.27. The highest BCUT2D eigenvalue weighted by Gasteiger charge is 2.19. The summed E-state index contributed by atoms with van der Waals surface area (Å²) in [5.41, 5.74) is 9.46. The zero-order chi connectivity index (χ0) is 11.5. The van der Waals surface area contributed by atoms with E-state index in [2.05, 4.69) is 15.6 Å². The number of nitrogen functional groups attached to an aromatic ring is 1. The van der Waals surface area contributed by atoms with Crippen molar-refractivity contribution in [2.75, 3.05) is 32.0 Å². The first-order valence-electron chi connectivity index (χ1n) is 5.12. The van der Waals surface area contributed by atoms with Crippen molar-refractivity contribution >= 4 is 11.7 Å². The summed E-state index contributed by atoms with van der Waals surface area (Å²) < 4.78 is 5.18. The number of nitrogens with one attached hydrogen (secondary N) is 2. The Bertz CT molecular complexity index is 364. The topological polar surface area (TPSA) is 96.3 Å². The maximum atomic E-state index is 11.9. The van der Waals surface area contributed by atoms with Gasteiger partial charge in [0.15, 0.2) is 5.82 Å². The second kappa shape index (κ2) is 4.50. The molecule has 1 aliphatic rings. The van der Waals surface area contributed by atoms with Gasteiger partial charge < -0.3 is 10.5 Å². The molecule has 4 N–H and O–H groups in total. The molecule has 1 aromatic rings. The highest BCUT2D eigenvalue weighted by atomic mass is 16.5. The van der Waals surface area contributed by atoms with E-state index >= 15 is 0 Å². The van der Waals surface area contributed by atoms with Gasteiger partial charge in [-0.2, -0.15) is 5.10 Å². The number of amides is 1. The normalized spacial score (nSPS) is 17.3. The molecule has 1 fully saturated rings. The number of aromatic nitrogens is 2. The van der Waals surface area contributed by atoms with Crippen molar-refractivity contribution in [1.82, 2.24) is 20.6 Å². The van der Waals surface area contributed by atoms with E-state index in [9.17, 15) is 4.79 Å². The summed E-state index contributed by atoms with van der Waals surface area (Å²) in [5.74, 6) is -0.00564. The molecule has 1 saturated heterocycles. The molecule has 0 bridgehead atoms. The predicted molar refractivity (Wildman–Crippen MR) is 57.6 cm³/mol. The molecule has 16 heavy (non-hydrogen) atoms. The van der Waals surface area contributed by atoms with Crippen LogP contribution >= 0.6 is 0 Å². The minimum Gasteiger partial charge on any atom is -0.382 e. The number of morpholine rings is 1. The molecule has 0 spiro atoms. The van der Waals surface area contributed by atoms with Gasteiger partial charge in [-0.1, -0.05) is 0 Å². The Morgan fingerprint density at radius 2 is 2.25 bits per heavy atom. The van der Waals surface area contributed by atoms with Gasteiger partial charge >= 0.3 is 0 Å². The number of hydrogen-bond acceptors (Lipinski definition) is 5. The van der Waals surface area contributed by atoms with Crippen LogP contribution < -0.4 is 11.2 Å². The Kier molecular flexibility index (Phi) is 3.07. The fraction of sp³-hybridized carbons (Fsp3) is 0.556. The largest absolute Gasteiger partial charge is 0.382 e. The lowest BCUT2D eigenvalue weighted by Gasteiger charge is -2.26. The van der Waals surface area contributed by atoms with Crippen LogP contribution in [0.5, 0.6) is 0 Å². The first-order valence-corrected chi connectivity index (χ1v) is 5.12. The molecule has 0 atom stereocenters. The van der Waals surface area contributed by atoms with Crippen LogP contribution in [0.3, 0.4) is 0 Å². The summed E-state index contributed by atoms with van der Waals surface area (Å²) in [6.45, 7) is 4.38. The number of nitrogens with zero attached hydrogens (tertiary/aromatic N) is 2. The van der Waals surface area contributed by atoms with Crippen LogP contribution in [0, 0.1) is 6.92 Å². The van der Waals surface area contributed by atoms with Crippen molar-refractivity contribution in [2.24, 2.45) is 0 Å². The standard InChI is InChI=1S/C9H15N5O2/c1-6-7(8(10)12-11-6)9(15)13-14-2-4-16-5-3-14/h2-5H2,1H3,(H,13,15)(H3,10,11,12). The van der Waals surface area contributed by atoms with Gasteiger partial charge in [-0.25, -0.2) is 5.01 Å². The van der Waals surface area contributed by atoms with Crippen LogP contribution in [0.25, 0.3) is 0 Å². The van der Waals surface area contributed by atoms with Gasteiger partial charge in [-0.3, -0.25) is 15.3 Å². The van der Waals surface area contributed by atoms with E-state index in [0.717, 1.165) is 0 Å². The fourth-order valence-electron chi connectivity index (χ4n) is 1.61. The molecule has 0 radical (unpaired) electrons. The van der Waals surface area contributed by atoms with E-state index < -0.39 is 0 Å². The third-order valence-corrected chi connectivity index (χ3v) is 2.47. The summed E-state index contributed by atoms with van der Waals surface area (Å²) in [6, 6.07) is 0. The predicted octanol–water partition coefficient (Wildman–Crippen LogP) is -0.723. The van der Waals surface area contributed by atoms with Crippen LogP contribution in [0.2, 0.25) is 0 Å². The van der Waals surface area contributed by atoms with Crippen molar-refractivity contribution in [2.45, 2.75) is 6.92 Å². The fourth-order valence-corrected chi connectivity index (χ4v) is 1.61. The molecule has 2 rings (SSSR count). The SMILES string of the molecule is Cc1[nH]nc(N)c1C(=O)NN1CCOCC1. The average Bonchev–Trinajstić information content (AvgIpc) is 2.60. The molecule has 0 unspecified atom stereocenters. The number of aryl methyl sites for hydroxylation is 1. The number of carbonyl (C=O) groups is 1. The molecule has 0 aromatic carbocycles. The van der Waals surface area contributed by atoms with Gasteiger partial charge in [-0.15, -0.1) is 0 Å². The minimum absolute atomic E-state index is 0.225. The number of carbonyl (C=O) groups excluding carboxylic acids is 1. The highest BCUT2D eigenvalue weighted by Crippen LogP contribution is 2.11. The summed E-state index contributed by atoms with van der Waals surface area (Å²) in [6.07, 6.45) is 0. The van der Waals surface area contributed by atoms with E-state index in [1.54, 1.807) is 6.92 Å². The summed E-state index contributed by atoms with van der Waals surface area (Å²) in [7, 11) is 0. The Morgan fingerprint density at radius 3 is 2.81 bits per heavy atom. The molecule has 0 saturated carbocycles. The van der Waals surface area contributed by atoms with E-state index in [1.807, 2.05) is 5.01 Å².